The van der Waals surface area contributed by atoms with Crippen molar-refractivity contribution in [3.8, 4) is 11.1 Å². The lowest BCUT2D eigenvalue weighted by atomic mass is 10.0. The van der Waals surface area contributed by atoms with Gasteiger partial charge in [-0.25, -0.2) is 0 Å². The van der Waals surface area contributed by atoms with Gasteiger partial charge in [-0.2, -0.15) is 0 Å². The first kappa shape index (κ1) is 25.5. The van der Waals surface area contributed by atoms with Crippen LogP contribution in [0.5, 0.6) is 0 Å². The van der Waals surface area contributed by atoms with Crippen LogP contribution in [0.25, 0.3) is 75.2 Å². The minimum absolute atomic E-state index is 0.867. The topological polar surface area (TPSA) is 29.5 Å². The lowest BCUT2D eigenvalue weighted by Crippen LogP contribution is -2.10. The second-order valence-corrected chi connectivity index (χ2v) is 12.8. The van der Waals surface area contributed by atoms with Gasteiger partial charge in [0.2, 0.25) is 0 Å². The molecule has 0 aliphatic rings. The highest BCUT2D eigenvalue weighted by atomic mass is 32.1. The number of nitrogens with zero attached hydrogens (tertiary/aromatic N) is 1. The first-order valence-electron chi connectivity index (χ1n) is 15.4. The molecule has 0 unspecified atom stereocenters. The third-order valence-corrected chi connectivity index (χ3v) is 10.2. The van der Waals surface area contributed by atoms with Gasteiger partial charge in [0.1, 0.15) is 16.7 Å². The minimum Gasteiger partial charge on any atom is -0.456 e. The second-order valence-electron chi connectivity index (χ2n) is 11.7. The van der Waals surface area contributed by atoms with Gasteiger partial charge in [0.25, 0.3) is 0 Å². The molecule has 0 amide bonds. The first-order chi connectivity index (χ1) is 22.8. The van der Waals surface area contributed by atoms with Crippen LogP contribution in [-0.4, -0.2) is 0 Å². The van der Waals surface area contributed by atoms with E-state index >= 15 is 0 Å². The molecule has 3 heterocycles. The van der Waals surface area contributed by atoms with Crippen molar-refractivity contribution in [3.05, 3.63) is 152 Å². The monoisotopic (exact) mass is 607 g/mol. The molecule has 3 aromatic heterocycles. The average Bonchev–Trinajstić information content (AvgIpc) is 3.80. The predicted molar refractivity (Wildman–Crippen MR) is 194 cm³/mol. The van der Waals surface area contributed by atoms with Gasteiger partial charge < -0.3 is 13.7 Å². The third kappa shape index (κ3) is 3.77. The molecule has 0 saturated heterocycles. The van der Waals surface area contributed by atoms with E-state index in [0.717, 1.165) is 65.6 Å². The van der Waals surface area contributed by atoms with Gasteiger partial charge in [-0.05, 0) is 59.7 Å². The number of fused-ring (bicyclic) bond motifs is 10. The molecule has 0 aliphatic carbocycles. The van der Waals surface area contributed by atoms with E-state index in [1.807, 2.05) is 18.2 Å². The van der Waals surface area contributed by atoms with E-state index in [4.69, 9.17) is 8.83 Å². The number of para-hydroxylation sites is 2. The predicted octanol–water partition coefficient (Wildman–Crippen LogP) is 13.0. The number of hydrogen-bond donors (Lipinski definition) is 0. The van der Waals surface area contributed by atoms with Crippen LogP contribution in [0.15, 0.2) is 160 Å². The summed E-state index contributed by atoms with van der Waals surface area (Å²) in [7, 11) is 0. The molecule has 216 valence electrons. The van der Waals surface area contributed by atoms with E-state index < -0.39 is 0 Å². The van der Waals surface area contributed by atoms with Crippen LogP contribution in [0.1, 0.15) is 0 Å². The minimum atomic E-state index is 0.867. The van der Waals surface area contributed by atoms with E-state index in [9.17, 15) is 0 Å². The Hall–Kier alpha value is -5.84. The molecule has 0 radical (unpaired) electrons. The van der Waals surface area contributed by atoms with Crippen LogP contribution in [-0.2, 0) is 0 Å². The second kappa shape index (κ2) is 9.83. The van der Waals surface area contributed by atoms with E-state index in [1.54, 1.807) is 11.3 Å². The summed E-state index contributed by atoms with van der Waals surface area (Å²) < 4.78 is 15.4. The maximum Gasteiger partial charge on any atom is 0.153 e. The highest BCUT2D eigenvalue weighted by Gasteiger charge is 2.24. The molecule has 0 fully saturated rings. The quantitative estimate of drug-likeness (QED) is 0.199. The lowest BCUT2D eigenvalue weighted by Gasteiger charge is -2.27. The smallest absolute Gasteiger partial charge is 0.153 e. The number of benzene rings is 7. The van der Waals surface area contributed by atoms with Crippen LogP contribution in [0.3, 0.4) is 0 Å². The molecule has 0 bridgehead atoms. The molecule has 0 atom stereocenters. The molecular formula is C42H25NO2S. The largest absolute Gasteiger partial charge is 0.456 e. The highest BCUT2D eigenvalue weighted by Crippen LogP contribution is 2.50. The normalized spacial score (nSPS) is 11.9. The van der Waals surface area contributed by atoms with Crippen molar-refractivity contribution in [3.63, 3.8) is 0 Å². The molecule has 0 saturated carbocycles. The van der Waals surface area contributed by atoms with Crippen molar-refractivity contribution in [2.45, 2.75) is 0 Å². The Labute approximate surface area is 268 Å². The van der Waals surface area contributed by atoms with Crippen molar-refractivity contribution in [2.75, 3.05) is 4.90 Å². The van der Waals surface area contributed by atoms with Crippen molar-refractivity contribution in [1.82, 2.24) is 0 Å². The van der Waals surface area contributed by atoms with Gasteiger partial charge in [0.15, 0.2) is 5.58 Å². The number of thiophene rings is 1. The van der Waals surface area contributed by atoms with Crippen LogP contribution < -0.4 is 4.90 Å². The van der Waals surface area contributed by atoms with Crippen LogP contribution in [0.4, 0.5) is 17.1 Å². The SMILES string of the molecule is c1ccc(-c2ccc(N(c3ccc4c(c3)oc3ccccc34)c3cc4c5ccccc5oc4c4sc5ccccc5c34)cc2)cc1. The Bertz CT molecular complexity index is 2750. The summed E-state index contributed by atoms with van der Waals surface area (Å²) in [6.07, 6.45) is 0. The zero-order chi connectivity index (χ0) is 30.2. The first-order valence-corrected chi connectivity index (χ1v) is 16.2. The summed E-state index contributed by atoms with van der Waals surface area (Å²) in [4.78, 5) is 2.38. The van der Waals surface area contributed by atoms with Gasteiger partial charge in [-0.3, -0.25) is 0 Å². The number of anilines is 3. The van der Waals surface area contributed by atoms with Crippen LogP contribution in [0, 0.1) is 0 Å². The molecule has 4 heteroatoms. The Morgan fingerprint density at radius 3 is 1.85 bits per heavy atom. The average molecular weight is 608 g/mol. The molecule has 3 nitrogen and oxygen atoms in total. The maximum absolute atomic E-state index is 6.57. The van der Waals surface area contributed by atoms with E-state index in [1.165, 1.54) is 26.6 Å². The summed E-state index contributed by atoms with van der Waals surface area (Å²) in [5, 5.41) is 6.87. The van der Waals surface area contributed by atoms with Crippen molar-refractivity contribution < 1.29 is 8.83 Å². The molecule has 0 aliphatic heterocycles. The summed E-state index contributed by atoms with van der Waals surface area (Å²) in [5.41, 5.74) is 9.18. The molecule has 10 rings (SSSR count). The third-order valence-electron chi connectivity index (χ3n) is 9.07. The lowest BCUT2D eigenvalue weighted by molar-refractivity contribution is 0.669. The molecular weight excluding hydrogens is 583 g/mol. The van der Waals surface area contributed by atoms with Gasteiger partial charge in [0.05, 0.1) is 10.4 Å². The van der Waals surface area contributed by atoms with E-state index in [2.05, 4.69) is 138 Å². The Morgan fingerprint density at radius 1 is 0.435 bits per heavy atom. The molecule has 0 spiro atoms. The van der Waals surface area contributed by atoms with Gasteiger partial charge in [-0.1, -0.05) is 97.1 Å². The summed E-state index contributed by atoms with van der Waals surface area (Å²) in [5.74, 6) is 0. The van der Waals surface area contributed by atoms with Crippen molar-refractivity contribution >= 4 is 92.4 Å². The summed E-state index contributed by atoms with van der Waals surface area (Å²) in [6.45, 7) is 0. The maximum atomic E-state index is 6.57. The zero-order valence-corrected chi connectivity index (χ0v) is 25.4. The fraction of sp³-hybridized carbons (Fsp3) is 0. The Kier molecular flexibility index (Phi) is 5.45. The van der Waals surface area contributed by atoms with E-state index in [0.29, 0.717) is 0 Å². The molecule has 10 aromatic rings. The van der Waals surface area contributed by atoms with Crippen molar-refractivity contribution in [2.24, 2.45) is 0 Å². The molecule has 7 aromatic carbocycles. The van der Waals surface area contributed by atoms with Crippen LogP contribution >= 0.6 is 11.3 Å². The fourth-order valence-corrected chi connectivity index (χ4v) is 8.14. The van der Waals surface area contributed by atoms with Gasteiger partial charge in [-0.15, -0.1) is 11.3 Å². The summed E-state index contributed by atoms with van der Waals surface area (Å²) >= 11 is 1.79. The fourth-order valence-electron chi connectivity index (χ4n) is 6.94. The molecule has 0 N–H and O–H groups in total. The number of furan rings is 2. The van der Waals surface area contributed by atoms with Gasteiger partial charge in [0, 0.05) is 54.5 Å². The van der Waals surface area contributed by atoms with Crippen molar-refractivity contribution in [1.29, 1.82) is 0 Å². The van der Waals surface area contributed by atoms with E-state index in [-0.39, 0.29) is 0 Å². The number of hydrogen-bond acceptors (Lipinski definition) is 4. The Balaban J connectivity index is 1.29. The standard InChI is InChI=1S/C42H25NO2S/c1-2-10-26(11-3-1)27-18-20-28(21-19-27)43(29-22-23-32-30-12-4-7-15-36(30)44-38(32)24-29)35-25-34-31-13-5-8-16-37(31)45-41(34)42-40(35)33-14-6-9-17-39(33)46-42/h1-25H. The zero-order valence-electron chi connectivity index (χ0n) is 24.6. The van der Waals surface area contributed by atoms with Crippen LogP contribution in [0.2, 0.25) is 0 Å². The summed E-state index contributed by atoms with van der Waals surface area (Å²) in [6, 6.07) is 53.6. The number of rotatable bonds is 4. The molecule has 46 heavy (non-hydrogen) atoms. The van der Waals surface area contributed by atoms with Gasteiger partial charge >= 0.3 is 0 Å². The highest BCUT2D eigenvalue weighted by molar-refractivity contribution is 7.26. The Morgan fingerprint density at radius 2 is 1.04 bits per heavy atom.